The van der Waals surface area contributed by atoms with E-state index >= 15 is 0 Å². The van der Waals surface area contributed by atoms with Crippen molar-refractivity contribution in [2.24, 2.45) is 0 Å². The molecule has 0 saturated heterocycles. The first kappa shape index (κ1) is 10.9. The molecular weight excluding hydrogens is 249 g/mol. The molecule has 1 heterocycles. The first-order valence-electron chi connectivity index (χ1n) is 4.49. The molecule has 2 rings (SSSR count). The Kier molecular flexibility index (Phi) is 3.29. The lowest BCUT2D eigenvalue weighted by atomic mass is 10.2. The zero-order chi connectivity index (χ0) is 10.8. The lowest BCUT2D eigenvalue weighted by molar-refractivity contribution is 1.20. The van der Waals surface area contributed by atoms with Gasteiger partial charge in [0.05, 0.1) is 11.6 Å². The van der Waals surface area contributed by atoms with Gasteiger partial charge in [-0.2, -0.15) is 0 Å². The summed E-state index contributed by atoms with van der Waals surface area (Å²) in [6.45, 7) is 2.04. The molecule has 4 heteroatoms. The molecule has 1 nitrogen and oxygen atoms in total. The van der Waals surface area contributed by atoms with Gasteiger partial charge in [-0.15, -0.1) is 22.9 Å². The first-order chi connectivity index (χ1) is 7.20. The fourth-order valence-corrected chi connectivity index (χ4v) is 2.67. The summed E-state index contributed by atoms with van der Waals surface area (Å²) in [5.74, 6) is 0.468. The summed E-state index contributed by atoms with van der Waals surface area (Å²) < 4.78 is 0. The summed E-state index contributed by atoms with van der Waals surface area (Å²) in [6, 6.07) is 7.68. The van der Waals surface area contributed by atoms with Crippen molar-refractivity contribution in [3.63, 3.8) is 0 Å². The van der Waals surface area contributed by atoms with Crippen LogP contribution >= 0.6 is 34.5 Å². The monoisotopic (exact) mass is 257 g/mol. The van der Waals surface area contributed by atoms with Crippen LogP contribution in [0.4, 0.5) is 0 Å². The minimum absolute atomic E-state index is 0.468. The summed E-state index contributed by atoms with van der Waals surface area (Å²) in [5.41, 5.74) is 2.05. The van der Waals surface area contributed by atoms with Crippen molar-refractivity contribution in [3.8, 4) is 10.6 Å². The number of nitrogens with zero attached hydrogens (tertiary/aromatic N) is 1. The van der Waals surface area contributed by atoms with E-state index in [9.17, 15) is 0 Å². The fourth-order valence-electron chi connectivity index (χ4n) is 1.27. The van der Waals surface area contributed by atoms with Crippen molar-refractivity contribution < 1.29 is 0 Å². The Hall–Kier alpha value is -0.570. The molecule has 1 aromatic carbocycles. The van der Waals surface area contributed by atoms with E-state index in [4.69, 9.17) is 23.2 Å². The Morgan fingerprint density at radius 2 is 1.93 bits per heavy atom. The van der Waals surface area contributed by atoms with Gasteiger partial charge >= 0.3 is 0 Å². The summed E-state index contributed by atoms with van der Waals surface area (Å²) in [6.07, 6.45) is 0. The van der Waals surface area contributed by atoms with Gasteiger partial charge < -0.3 is 0 Å². The second-order valence-electron chi connectivity index (χ2n) is 3.16. The molecule has 0 N–H and O–H groups in total. The van der Waals surface area contributed by atoms with Crippen LogP contribution in [0.3, 0.4) is 0 Å². The van der Waals surface area contributed by atoms with Crippen LogP contribution in [-0.2, 0) is 5.88 Å². The molecule has 0 aliphatic heterocycles. The molecule has 1 aromatic heterocycles. The predicted molar refractivity (Wildman–Crippen MR) is 66.9 cm³/mol. The van der Waals surface area contributed by atoms with E-state index in [1.165, 1.54) is 4.88 Å². The van der Waals surface area contributed by atoms with Crippen molar-refractivity contribution in [2.45, 2.75) is 12.8 Å². The predicted octanol–water partition coefficient (Wildman–Crippen LogP) is 4.51. The van der Waals surface area contributed by atoms with E-state index in [1.54, 1.807) is 11.3 Å². The van der Waals surface area contributed by atoms with Crippen LogP contribution in [-0.4, -0.2) is 4.98 Å². The van der Waals surface area contributed by atoms with Gasteiger partial charge in [0.25, 0.3) is 0 Å². The third-order valence-corrected chi connectivity index (χ3v) is 3.68. The smallest absolute Gasteiger partial charge is 0.123 e. The molecule has 0 aliphatic rings. The molecule has 2 aromatic rings. The second-order valence-corrected chi connectivity index (χ2v) is 5.07. The van der Waals surface area contributed by atoms with E-state index in [-0.39, 0.29) is 0 Å². The number of aryl methyl sites for hydroxylation is 1. The summed E-state index contributed by atoms with van der Waals surface area (Å²) in [4.78, 5) is 5.65. The van der Waals surface area contributed by atoms with Crippen LogP contribution in [0.25, 0.3) is 10.6 Å². The molecule has 0 aliphatic carbocycles. The molecule has 0 fully saturated rings. The number of thiazole rings is 1. The Bertz CT molecular complexity index is 462. The molecule has 0 unspecified atom stereocenters. The fraction of sp³-hybridized carbons (Fsp3) is 0.182. The van der Waals surface area contributed by atoms with E-state index in [0.29, 0.717) is 5.88 Å². The topological polar surface area (TPSA) is 12.9 Å². The maximum absolute atomic E-state index is 5.82. The van der Waals surface area contributed by atoms with Gasteiger partial charge in [0.2, 0.25) is 0 Å². The maximum atomic E-state index is 5.82. The van der Waals surface area contributed by atoms with Crippen molar-refractivity contribution in [3.05, 3.63) is 39.9 Å². The number of hydrogen-bond acceptors (Lipinski definition) is 2. The van der Waals surface area contributed by atoms with Crippen molar-refractivity contribution >= 4 is 34.5 Å². The van der Waals surface area contributed by atoms with E-state index in [2.05, 4.69) is 4.98 Å². The Morgan fingerprint density at radius 1 is 1.27 bits per heavy atom. The molecule has 0 atom stereocenters. The van der Waals surface area contributed by atoms with Crippen LogP contribution in [0.5, 0.6) is 0 Å². The number of halogens is 2. The normalized spacial score (nSPS) is 10.6. The van der Waals surface area contributed by atoms with Crippen LogP contribution in [0.15, 0.2) is 24.3 Å². The summed E-state index contributed by atoms with van der Waals surface area (Å²) >= 11 is 13.3. The third kappa shape index (κ3) is 2.33. The molecular formula is C11H9Cl2NS. The van der Waals surface area contributed by atoms with Gasteiger partial charge in [-0.3, -0.25) is 0 Å². The average molecular weight is 258 g/mol. The van der Waals surface area contributed by atoms with E-state index in [0.717, 1.165) is 21.3 Å². The average Bonchev–Trinajstić information content (AvgIpc) is 2.61. The zero-order valence-corrected chi connectivity index (χ0v) is 10.5. The molecule has 0 bridgehead atoms. The molecule has 0 amide bonds. The van der Waals surface area contributed by atoms with Crippen molar-refractivity contribution in [1.29, 1.82) is 0 Å². The van der Waals surface area contributed by atoms with Crippen molar-refractivity contribution in [2.75, 3.05) is 0 Å². The summed E-state index contributed by atoms with van der Waals surface area (Å²) in [7, 11) is 0. The highest BCUT2D eigenvalue weighted by Crippen LogP contribution is 2.28. The quantitative estimate of drug-likeness (QED) is 0.722. The molecule has 15 heavy (non-hydrogen) atoms. The number of benzene rings is 1. The lowest BCUT2D eigenvalue weighted by Gasteiger charge is -1.95. The lowest BCUT2D eigenvalue weighted by Crippen LogP contribution is -1.80. The van der Waals surface area contributed by atoms with Gasteiger partial charge in [-0.05, 0) is 19.1 Å². The minimum Gasteiger partial charge on any atom is -0.240 e. The zero-order valence-electron chi connectivity index (χ0n) is 8.13. The molecule has 0 saturated carbocycles. The number of aromatic nitrogens is 1. The molecule has 78 valence electrons. The van der Waals surface area contributed by atoms with Crippen LogP contribution in [0.1, 0.15) is 10.6 Å². The first-order valence-corrected chi connectivity index (χ1v) is 6.22. The second kappa shape index (κ2) is 4.52. The van der Waals surface area contributed by atoms with E-state index in [1.807, 2.05) is 31.2 Å². The van der Waals surface area contributed by atoms with Gasteiger partial charge in [-0.1, -0.05) is 23.7 Å². The van der Waals surface area contributed by atoms with Crippen LogP contribution in [0, 0.1) is 6.92 Å². The molecule has 0 radical (unpaired) electrons. The highest BCUT2D eigenvalue weighted by Gasteiger charge is 2.07. The minimum atomic E-state index is 0.468. The van der Waals surface area contributed by atoms with Gasteiger partial charge in [-0.25, -0.2) is 4.98 Å². The standard InChI is InChI=1S/C11H9Cl2NS/c1-7-10(6-12)14-11(15-7)8-2-4-9(13)5-3-8/h2-5H,6H2,1H3. The SMILES string of the molecule is Cc1sc(-c2ccc(Cl)cc2)nc1CCl. The maximum Gasteiger partial charge on any atom is 0.123 e. The van der Waals surface area contributed by atoms with Crippen LogP contribution in [0.2, 0.25) is 5.02 Å². The Morgan fingerprint density at radius 3 is 2.47 bits per heavy atom. The van der Waals surface area contributed by atoms with Gasteiger partial charge in [0.15, 0.2) is 0 Å². The van der Waals surface area contributed by atoms with Gasteiger partial charge in [0.1, 0.15) is 5.01 Å². The number of alkyl halides is 1. The highest BCUT2D eigenvalue weighted by atomic mass is 35.5. The third-order valence-electron chi connectivity index (χ3n) is 2.11. The Balaban J connectivity index is 2.41. The Labute approximate surface area is 103 Å². The van der Waals surface area contributed by atoms with Crippen molar-refractivity contribution in [1.82, 2.24) is 4.98 Å². The number of hydrogen-bond donors (Lipinski definition) is 0. The largest absolute Gasteiger partial charge is 0.240 e. The highest BCUT2D eigenvalue weighted by molar-refractivity contribution is 7.15. The number of rotatable bonds is 2. The van der Waals surface area contributed by atoms with E-state index < -0.39 is 0 Å². The molecule has 0 spiro atoms. The van der Waals surface area contributed by atoms with Gasteiger partial charge in [0, 0.05) is 15.5 Å². The van der Waals surface area contributed by atoms with Crippen LogP contribution < -0.4 is 0 Å². The summed E-state index contributed by atoms with van der Waals surface area (Å²) in [5, 5.41) is 1.74.